The summed E-state index contributed by atoms with van der Waals surface area (Å²) in [4.78, 5) is 4.12. The van der Waals surface area contributed by atoms with Gasteiger partial charge in [0.05, 0.1) is 6.61 Å². The lowest BCUT2D eigenvalue weighted by Gasteiger charge is -2.06. The molecule has 0 spiro atoms. The van der Waals surface area contributed by atoms with E-state index in [1.807, 2.05) is 6.92 Å². The molecule has 2 aromatic rings. The van der Waals surface area contributed by atoms with Crippen LogP contribution in [0, 0.1) is 6.92 Å². The lowest BCUT2D eigenvalue weighted by Crippen LogP contribution is -2.06. The van der Waals surface area contributed by atoms with Crippen molar-refractivity contribution >= 4 is 22.4 Å². The van der Waals surface area contributed by atoms with Gasteiger partial charge in [0.2, 0.25) is 5.89 Å². The van der Waals surface area contributed by atoms with Crippen molar-refractivity contribution < 1.29 is 9.26 Å². The van der Waals surface area contributed by atoms with Crippen LogP contribution in [-0.4, -0.2) is 27.7 Å². The summed E-state index contributed by atoms with van der Waals surface area (Å²) in [6.07, 6.45) is 0.667. The van der Waals surface area contributed by atoms with Crippen LogP contribution in [-0.2, 0) is 6.42 Å². The van der Waals surface area contributed by atoms with Crippen molar-refractivity contribution in [1.82, 2.24) is 14.5 Å². The number of ether oxygens (including phenoxy) is 1. The highest BCUT2D eigenvalue weighted by atomic mass is 32.1. The van der Waals surface area contributed by atoms with Gasteiger partial charge in [-0.3, -0.25) is 0 Å². The van der Waals surface area contributed by atoms with Gasteiger partial charge in [-0.25, -0.2) is 0 Å². The molecule has 0 unspecified atom stereocenters. The van der Waals surface area contributed by atoms with E-state index in [1.165, 1.54) is 11.5 Å². The van der Waals surface area contributed by atoms with Gasteiger partial charge in [0.15, 0.2) is 22.4 Å². The molecule has 0 aliphatic heterocycles. The smallest absolute Gasteiger partial charge is 0.223 e. The highest BCUT2D eigenvalue weighted by Crippen LogP contribution is 2.34. The van der Waals surface area contributed by atoms with Crippen LogP contribution in [0.1, 0.15) is 18.6 Å². The molecular weight excluding hydrogens is 254 g/mol. The predicted octanol–water partition coefficient (Wildman–Crippen LogP) is 1.47. The van der Waals surface area contributed by atoms with Gasteiger partial charge in [-0.15, -0.1) is 0 Å². The van der Waals surface area contributed by atoms with Crippen molar-refractivity contribution in [3.8, 4) is 5.75 Å². The molecule has 2 aromatic heterocycles. The van der Waals surface area contributed by atoms with Crippen LogP contribution >= 0.6 is 11.5 Å². The Labute approximate surface area is 109 Å². The molecule has 0 radical (unpaired) electrons. The number of aromatic nitrogens is 3. The normalized spacial score (nSPS) is 10.6. The number of hydrogen-bond donors (Lipinski definition) is 2. The number of aryl methyl sites for hydroxylation is 1. The lowest BCUT2D eigenvalue weighted by atomic mass is 10.4. The molecule has 0 amide bonds. The van der Waals surface area contributed by atoms with Crippen LogP contribution in [0.5, 0.6) is 5.75 Å². The van der Waals surface area contributed by atoms with Gasteiger partial charge >= 0.3 is 0 Å². The molecule has 0 aliphatic carbocycles. The van der Waals surface area contributed by atoms with Crippen LogP contribution in [0.3, 0.4) is 0 Å². The van der Waals surface area contributed by atoms with Crippen LogP contribution in [0.25, 0.3) is 0 Å². The first kappa shape index (κ1) is 12.6. The van der Waals surface area contributed by atoms with Crippen LogP contribution in [0.4, 0.5) is 10.8 Å². The molecule has 8 heteroatoms. The van der Waals surface area contributed by atoms with Gasteiger partial charge < -0.3 is 20.3 Å². The topological polar surface area (TPSA) is 99.1 Å². The summed E-state index contributed by atoms with van der Waals surface area (Å²) < 4.78 is 14.4. The molecular formula is C10H15N5O2S. The van der Waals surface area contributed by atoms with Gasteiger partial charge in [0.25, 0.3) is 0 Å². The summed E-state index contributed by atoms with van der Waals surface area (Å²) in [7, 11) is 0. The molecule has 0 saturated carbocycles. The summed E-state index contributed by atoms with van der Waals surface area (Å²) in [6, 6.07) is 0. The molecule has 2 rings (SSSR count). The number of nitrogens with two attached hydrogens (primary N) is 1. The Morgan fingerprint density at radius 3 is 3.00 bits per heavy atom. The van der Waals surface area contributed by atoms with Gasteiger partial charge in [-0.2, -0.15) is 9.36 Å². The minimum Gasteiger partial charge on any atom is -0.487 e. The van der Waals surface area contributed by atoms with E-state index >= 15 is 0 Å². The molecule has 98 valence electrons. The van der Waals surface area contributed by atoms with Gasteiger partial charge in [-0.05, 0) is 18.5 Å². The SMILES string of the molecule is CCOc1c(N)nsc1NCCc1noc(C)n1. The molecule has 0 bridgehead atoms. The number of anilines is 2. The van der Waals surface area contributed by atoms with E-state index < -0.39 is 0 Å². The third kappa shape index (κ3) is 2.89. The van der Waals surface area contributed by atoms with E-state index in [9.17, 15) is 0 Å². The largest absolute Gasteiger partial charge is 0.487 e. The first-order chi connectivity index (χ1) is 8.70. The molecule has 18 heavy (non-hydrogen) atoms. The van der Waals surface area contributed by atoms with E-state index in [0.717, 1.165) is 5.00 Å². The molecule has 0 saturated heterocycles. The minimum absolute atomic E-state index is 0.416. The summed E-state index contributed by atoms with van der Waals surface area (Å²) in [6.45, 7) is 4.89. The Bertz CT molecular complexity index is 510. The Morgan fingerprint density at radius 1 is 1.50 bits per heavy atom. The molecule has 0 fully saturated rings. The third-order valence-corrected chi connectivity index (χ3v) is 2.97. The maximum absolute atomic E-state index is 5.71. The highest BCUT2D eigenvalue weighted by Gasteiger charge is 2.12. The summed E-state index contributed by atoms with van der Waals surface area (Å²) in [5.74, 6) is 2.28. The average molecular weight is 269 g/mol. The number of hydrogen-bond acceptors (Lipinski definition) is 8. The number of nitrogens with zero attached hydrogens (tertiary/aromatic N) is 3. The Hall–Kier alpha value is -1.83. The van der Waals surface area contributed by atoms with Crippen molar-refractivity contribution in [2.75, 3.05) is 24.2 Å². The predicted molar refractivity (Wildman–Crippen MR) is 68.9 cm³/mol. The zero-order valence-electron chi connectivity index (χ0n) is 10.3. The quantitative estimate of drug-likeness (QED) is 0.819. The lowest BCUT2D eigenvalue weighted by molar-refractivity contribution is 0.344. The highest BCUT2D eigenvalue weighted by molar-refractivity contribution is 7.11. The zero-order chi connectivity index (χ0) is 13.0. The van der Waals surface area contributed by atoms with Crippen molar-refractivity contribution in [2.24, 2.45) is 0 Å². The van der Waals surface area contributed by atoms with Gasteiger partial charge in [-0.1, -0.05) is 5.16 Å². The second-order valence-electron chi connectivity index (χ2n) is 3.57. The van der Waals surface area contributed by atoms with Gasteiger partial charge in [0.1, 0.15) is 0 Å². The van der Waals surface area contributed by atoms with Crippen LogP contribution < -0.4 is 15.8 Å². The second kappa shape index (κ2) is 5.67. The molecule has 0 atom stereocenters. The molecule has 0 aliphatic rings. The summed E-state index contributed by atoms with van der Waals surface area (Å²) in [5.41, 5.74) is 5.71. The fourth-order valence-electron chi connectivity index (χ4n) is 1.42. The van der Waals surface area contributed by atoms with Crippen molar-refractivity contribution in [1.29, 1.82) is 0 Å². The molecule has 0 aromatic carbocycles. The summed E-state index contributed by atoms with van der Waals surface area (Å²) >= 11 is 1.28. The minimum atomic E-state index is 0.416. The molecule has 7 nitrogen and oxygen atoms in total. The standard InChI is InChI=1S/C10H15N5O2S/c1-3-16-8-9(11)15-18-10(8)12-5-4-7-13-6(2)17-14-7/h12H,3-5H2,1-2H3,(H2,11,15). The monoisotopic (exact) mass is 269 g/mol. The van der Waals surface area contributed by atoms with Crippen molar-refractivity contribution in [3.63, 3.8) is 0 Å². The van der Waals surface area contributed by atoms with E-state index in [2.05, 4.69) is 19.8 Å². The maximum atomic E-state index is 5.71. The van der Waals surface area contributed by atoms with E-state index in [-0.39, 0.29) is 0 Å². The van der Waals surface area contributed by atoms with Gasteiger partial charge in [0, 0.05) is 19.9 Å². The van der Waals surface area contributed by atoms with Crippen molar-refractivity contribution in [2.45, 2.75) is 20.3 Å². The average Bonchev–Trinajstić information content (AvgIpc) is 2.90. The fraction of sp³-hybridized carbons (Fsp3) is 0.500. The van der Waals surface area contributed by atoms with Crippen molar-refractivity contribution in [3.05, 3.63) is 11.7 Å². The number of rotatable bonds is 6. The summed E-state index contributed by atoms with van der Waals surface area (Å²) in [5, 5.41) is 7.85. The first-order valence-corrected chi connectivity index (χ1v) is 6.39. The fourth-order valence-corrected chi connectivity index (χ4v) is 2.11. The molecule has 2 heterocycles. The molecule has 3 N–H and O–H groups in total. The zero-order valence-corrected chi connectivity index (χ0v) is 11.1. The first-order valence-electron chi connectivity index (χ1n) is 5.61. The Kier molecular flexibility index (Phi) is 3.98. The number of nitrogen functional groups attached to an aromatic ring is 1. The number of nitrogens with one attached hydrogen (secondary N) is 1. The maximum Gasteiger partial charge on any atom is 0.223 e. The Balaban J connectivity index is 1.90. The van der Waals surface area contributed by atoms with Crippen LogP contribution in [0.15, 0.2) is 4.52 Å². The second-order valence-corrected chi connectivity index (χ2v) is 4.34. The Morgan fingerprint density at radius 2 is 2.33 bits per heavy atom. The van der Waals surface area contributed by atoms with E-state index in [1.54, 1.807) is 6.92 Å². The van der Waals surface area contributed by atoms with E-state index in [4.69, 9.17) is 15.0 Å². The third-order valence-electron chi connectivity index (χ3n) is 2.17. The van der Waals surface area contributed by atoms with Crippen LogP contribution in [0.2, 0.25) is 0 Å². The van der Waals surface area contributed by atoms with E-state index in [0.29, 0.717) is 42.9 Å².